The van der Waals surface area contributed by atoms with Crippen molar-refractivity contribution in [1.82, 2.24) is 19.7 Å². The summed E-state index contributed by atoms with van der Waals surface area (Å²) in [5, 5.41) is 5.94. The molecule has 174 valence electrons. The van der Waals surface area contributed by atoms with Crippen molar-refractivity contribution in [3.8, 4) is 0 Å². The number of hydrogen-bond acceptors (Lipinski definition) is 3. The highest BCUT2D eigenvalue weighted by molar-refractivity contribution is 6.31. The second-order valence-corrected chi connectivity index (χ2v) is 9.30. The number of amides is 2. The van der Waals surface area contributed by atoms with Gasteiger partial charge in [0.1, 0.15) is 11.2 Å². The van der Waals surface area contributed by atoms with Gasteiger partial charge in [-0.1, -0.05) is 41.9 Å². The molecule has 0 bridgehead atoms. The van der Waals surface area contributed by atoms with E-state index in [0.717, 1.165) is 27.6 Å². The van der Waals surface area contributed by atoms with Crippen LogP contribution in [0.4, 0.5) is 11.4 Å². The zero-order chi connectivity index (χ0) is 24.3. The summed E-state index contributed by atoms with van der Waals surface area (Å²) in [6, 6.07) is 12.7. The van der Waals surface area contributed by atoms with Crippen LogP contribution in [0.5, 0.6) is 0 Å². The molecule has 0 unspecified atom stereocenters. The third kappa shape index (κ3) is 3.31. The largest absolute Gasteiger partial charge is 0.362 e. The summed E-state index contributed by atoms with van der Waals surface area (Å²) in [5.41, 5.74) is 4.96. The highest BCUT2D eigenvalue weighted by Gasteiger charge is 2.40. The van der Waals surface area contributed by atoms with Gasteiger partial charge in [-0.05, 0) is 29.7 Å². The van der Waals surface area contributed by atoms with Crippen molar-refractivity contribution < 1.29 is 9.59 Å². The summed E-state index contributed by atoms with van der Waals surface area (Å²) in [6.07, 6.45) is 2.78. The number of carbonyl (C=O) groups is 2. The Balaban J connectivity index is 1.35. The Morgan fingerprint density at radius 3 is 2.80 bits per heavy atom. The van der Waals surface area contributed by atoms with Crippen molar-refractivity contribution in [2.24, 2.45) is 0 Å². The molecular formula is C26H21ClN6O2. The summed E-state index contributed by atoms with van der Waals surface area (Å²) in [6.45, 7) is 8.25. The molecule has 1 N–H and O–H groups in total. The van der Waals surface area contributed by atoms with E-state index in [1.165, 1.54) is 0 Å². The number of nitrogens with one attached hydrogen (secondary N) is 1. The summed E-state index contributed by atoms with van der Waals surface area (Å²) >= 11 is 6.62. The van der Waals surface area contributed by atoms with E-state index in [9.17, 15) is 9.59 Å². The molecule has 1 atom stereocenters. The highest BCUT2D eigenvalue weighted by atomic mass is 35.5. The molecule has 4 heterocycles. The molecule has 2 amide bonds. The van der Waals surface area contributed by atoms with Gasteiger partial charge in [0.05, 0.1) is 13.1 Å². The van der Waals surface area contributed by atoms with Crippen molar-refractivity contribution in [2.45, 2.75) is 25.4 Å². The van der Waals surface area contributed by atoms with E-state index in [-0.39, 0.29) is 11.8 Å². The zero-order valence-electron chi connectivity index (χ0n) is 19.0. The van der Waals surface area contributed by atoms with Crippen molar-refractivity contribution in [3.05, 3.63) is 87.6 Å². The van der Waals surface area contributed by atoms with Gasteiger partial charge in [0, 0.05) is 48.4 Å². The molecule has 0 saturated heterocycles. The van der Waals surface area contributed by atoms with Gasteiger partial charge in [0.15, 0.2) is 11.4 Å². The number of aromatic nitrogens is 3. The smallest absolute Gasteiger partial charge is 0.275 e. The number of H-pyrrole nitrogens is 1. The minimum absolute atomic E-state index is 0.184. The standard InChI is InChI=1S/C26H21ClN6O2/c1-28-17-11-19-22-16(13-29-19)10-21(25(34)31(2)20(22)12-17)32-9-8-18-23(26(32)35)30-33(24(18)27)14-15-6-4-3-5-7-15/h3-7,11-13,21,29H,8-10,14H2,2H3/t21-/m0/s1. The molecular weight excluding hydrogens is 464 g/mol. The second-order valence-electron chi connectivity index (χ2n) is 8.94. The predicted molar refractivity (Wildman–Crippen MR) is 133 cm³/mol. The average Bonchev–Trinajstić information content (AvgIpc) is 3.40. The monoisotopic (exact) mass is 484 g/mol. The van der Waals surface area contributed by atoms with Crippen LogP contribution in [-0.2, 0) is 24.2 Å². The van der Waals surface area contributed by atoms with Crippen molar-refractivity contribution >= 4 is 45.7 Å². The normalized spacial score (nSPS) is 17.5. The van der Waals surface area contributed by atoms with Crippen LogP contribution in [0.3, 0.4) is 0 Å². The lowest BCUT2D eigenvalue weighted by Gasteiger charge is -2.34. The Morgan fingerprint density at radius 2 is 2.03 bits per heavy atom. The van der Waals surface area contributed by atoms with Crippen LogP contribution >= 0.6 is 11.6 Å². The Kier molecular flexibility index (Phi) is 4.90. The fourth-order valence-corrected chi connectivity index (χ4v) is 5.45. The Hall–Kier alpha value is -4.09. The molecule has 6 rings (SSSR count). The number of anilines is 1. The molecule has 0 aliphatic carbocycles. The minimum Gasteiger partial charge on any atom is -0.362 e. The summed E-state index contributed by atoms with van der Waals surface area (Å²) in [7, 11) is 1.70. The number of fused-ring (bicyclic) bond motifs is 1. The quantitative estimate of drug-likeness (QED) is 0.443. The first-order valence-corrected chi connectivity index (χ1v) is 11.7. The molecule has 2 aromatic carbocycles. The molecule has 4 aromatic rings. The van der Waals surface area contributed by atoms with Gasteiger partial charge in [-0.2, -0.15) is 5.10 Å². The van der Waals surface area contributed by atoms with Crippen molar-refractivity contribution in [3.63, 3.8) is 0 Å². The maximum atomic E-state index is 13.6. The molecule has 0 saturated carbocycles. The fraction of sp³-hybridized carbons (Fsp3) is 0.231. The van der Waals surface area contributed by atoms with Gasteiger partial charge in [-0.3, -0.25) is 9.59 Å². The summed E-state index contributed by atoms with van der Waals surface area (Å²) in [4.78, 5) is 37.2. The first-order chi connectivity index (χ1) is 17.0. The van der Waals surface area contributed by atoms with Gasteiger partial charge in [0.2, 0.25) is 5.91 Å². The number of nitrogens with zero attached hydrogens (tertiary/aromatic N) is 5. The van der Waals surface area contributed by atoms with E-state index in [0.29, 0.717) is 48.2 Å². The molecule has 8 nitrogen and oxygen atoms in total. The van der Waals surface area contributed by atoms with E-state index < -0.39 is 6.04 Å². The lowest BCUT2D eigenvalue weighted by atomic mass is 10.00. The molecule has 0 spiro atoms. The van der Waals surface area contributed by atoms with Crippen LogP contribution in [-0.4, -0.2) is 51.1 Å². The van der Waals surface area contributed by atoms with Crippen LogP contribution in [0.2, 0.25) is 5.15 Å². The van der Waals surface area contributed by atoms with Gasteiger partial charge < -0.3 is 14.8 Å². The van der Waals surface area contributed by atoms with Gasteiger partial charge in [0.25, 0.3) is 5.91 Å². The predicted octanol–water partition coefficient (Wildman–Crippen LogP) is 4.20. The Labute approximate surface area is 206 Å². The first-order valence-electron chi connectivity index (χ1n) is 11.4. The van der Waals surface area contributed by atoms with Crippen LogP contribution in [0, 0.1) is 6.57 Å². The lowest BCUT2D eigenvalue weighted by Crippen LogP contribution is -2.53. The minimum atomic E-state index is -0.679. The number of rotatable bonds is 3. The maximum absolute atomic E-state index is 13.6. The molecule has 2 aromatic heterocycles. The number of aromatic amines is 1. The highest BCUT2D eigenvalue weighted by Crippen LogP contribution is 2.38. The van der Waals surface area contributed by atoms with Crippen LogP contribution in [0.1, 0.15) is 27.2 Å². The topological polar surface area (TPSA) is 78.6 Å². The molecule has 35 heavy (non-hydrogen) atoms. The third-order valence-corrected chi connectivity index (χ3v) is 7.37. The number of halogens is 1. The van der Waals surface area contributed by atoms with Crippen molar-refractivity contribution in [2.75, 3.05) is 18.5 Å². The molecule has 0 fully saturated rings. The van der Waals surface area contributed by atoms with E-state index in [2.05, 4.69) is 14.9 Å². The lowest BCUT2D eigenvalue weighted by molar-refractivity contribution is -0.122. The number of likely N-dealkylation sites (N-methyl/N-ethyl adjacent to an activating group) is 1. The Morgan fingerprint density at radius 1 is 1.23 bits per heavy atom. The van der Waals surface area contributed by atoms with Gasteiger partial charge in [-0.25, -0.2) is 9.53 Å². The van der Waals surface area contributed by atoms with Crippen LogP contribution in [0.15, 0.2) is 48.7 Å². The summed E-state index contributed by atoms with van der Waals surface area (Å²) in [5.74, 6) is -0.470. The first kappa shape index (κ1) is 21.4. The number of benzene rings is 2. The van der Waals surface area contributed by atoms with E-state index >= 15 is 0 Å². The van der Waals surface area contributed by atoms with Crippen molar-refractivity contribution in [1.29, 1.82) is 0 Å². The second kappa shape index (κ2) is 8.00. The van der Waals surface area contributed by atoms with E-state index in [1.54, 1.807) is 33.7 Å². The zero-order valence-corrected chi connectivity index (χ0v) is 19.7. The summed E-state index contributed by atoms with van der Waals surface area (Å²) < 4.78 is 1.65. The SMILES string of the molecule is [C-]#[N+]c1cc2c3c(c[nH]c3c1)C[C@H](N1CCc3c(nn(Cc4ccccc4)c3Cl)C1=O)C(=O)N2C. The number of hydrogen-bond donors (Lipinski definition) is 1. The van der Waals surface area contributed by atoms with E-state index in [1.807, 2.05) is 36.5 Å². The number of carbonyl (C=O) groups excluding carboxylic acids is 2. The Bertz CT molecular complexity index is 1550. The maximum Gasteiger partial charge on any atom is 0.275 e. The molecule has 2 aliphatic heterocycles. The van der Waals surface area contributed by atoms with E-state index in [4.69, 9.17) is 18.2 Å². The third-order valence-electron chi connectivity index (χ3n) is 6.94. The van der Waals surface area contributed by atoms with Gasteiger partial charge >= 0.3 is 0 Å². The van der Waals surface area contributed by atoms with Gasteiger partial charge in [-0.15, -0.1) is 0 Å². The van der Waals surface area contributed by atoms with Crippen LogP contribution < -0.4 is 4.90 Å². The molecule has 0 radical (unpaired) electrons. The fourth-order valence-electron chi connectivity index (χ4n) is 5.17. The average molecular weight is 485 g/mol. The molecule has 9 heteroatoms. The van der Waals surface area contributed by atoms with Crippen LogP contribution in [0.25, 0.3) is 15.7 Å². The molecule has 2 aliphatic rings.